The Morgan fingerprint density at radius 2 is 1.57 bits per heavy atom. The Balaban J connectivity index is 1.25. The number of esters is 1. The first kappa shape index (κ1) is 38.2. The minimum absolute atomic E-state index is 0.125. The average molecular weight is 700 g/mol. The molecule has 3 aliphatic carbocycles. The van der Waals surface area contributed by atoms with Gasteiger partial charge in [-0.3, -0.25) is 9.00 Å². The second kappa shape index (κ2) is 15.5. The molecule has 1 aromatic carbocycles. The number of hydrogen-bond donors (Lipinski definition) is 0. The molecule has 2 saturated carbocycles. The maximum atomic E-state index is 13.7. The molecule has 0 saturated heterocycles. The lowest BCUT2D eigenvalue weighted by Gasteiger charge is -2.53. The summed E-state index contributed by atoms with van der Waals surface area (Å²) in [5, 5.41) is 0. The van der Waals surface area contributed by atoms with Crippen molar-refractivity contribution in [3.63, 3.8) is 0 Å². The molecule has 0 spiro atoms. The van der Waals surface area contributed by atoms with Crippen molar-refractivity contribution < 1.29 is 48.6 Å². The summed E-state index contributed by atoms with van der Waals surface area (Å²) in [5.41, 5.74) is 1.23. The van der Waals surface area contributed by atoms with Crippen molar-refractivity contribution in [2.45, 2.75) is 134 Å². The summed E-state index contributed by atoms with van der Waals surface area (Å²) in [7, 11) is -1.42. The van der Waals surface area contributed by atoms with Gasteiger partial charge in [0.05, 0.1) is 0 Å². The minimum atomic E-state index is -5.58. The number of carbonyl (C=O) groups is 1. The maximum absolute atomic E-state index is 13.7. The molecule has 13 heteroatoms. The third kappa shape index (κ3) is 9.32. The summed E-state index contributed by atoms with van der Waals surface area (Å²) >= 11 is 0. The molecule has 0 radical (unpaired) electrons. The van der Waals surface area contributed by atoms with E-state index in [1.54, 1.807) is 6.07 Å². The molecule has 268 valence electrons. The summed E-state index contributed by atoms with van der Waals surface area (Å²) in [6.45, 7) is -1.40. The molecule has 0 amide bonds. The SMILES string of the molecule is CC(=O)O[C@H]1CC[C@H]2[C@@H]3[C@H](CCCCCCCCCS(=O)CCCC(F)(F)C(F)(F)F)Cc4cc([B-](F)(F)F)ccc4[C@H]3CC[C@]12C. The fourth-order valence-electron chi connectivity index (χ4n) is 8.89. The number of unbranched alkanes of at least 4 members (excludes halogenated alkanes) is 6. The number of benzene rings is 1. The average Bonchev–Trinajstić information content (AvgIpc) is 3.29. The van der Waals surface area contributed by atoms with E-state index in [0.717, 1.165) is 81.8 Å². The van der Waals surface area contributed by atoms with Gasteiger partial charge >= 0.3 is 25.0 Å². The van der Waals surface area contributed by atoms with Crippen LogP contribution in [0.4, 0.5) is 34.9 Å². The summed E-state index contributed by atoms with van der Waals surface area (Å²) in [5.74, 6) is -3.74. The lowest BCUT2D eigenvalue weighted by atomic mass is 9.51. The van der Waals surface area contributed by atoms with Gasteiger partial charge in [0.2, 0.25) is 0 Å². The predicted octanol–water partition coefficient (Wildman–Crippen LogP) is 9.60. The van der Waals surface area contributed by atoms with Crippen molar-refractivity contribution in [1.29, 1.82) is 0 Å². The van der Waals surface area contributed by atoms with Crippen LogP contribution in [0.5, 0.6) is 0 Å². The van der Waals surface area contributed by atoms with E-state index in [4.69, 9.17) is 4.74 Å². The highest BCUT2D eigenvalue weighted by atomic mass is 32.2. The van der Waals surface area contributed by atoms with Gasteiger partial charge in [0.1, 0.15) is 6.10 Å². The zero-order valence-electron chi connectivity index (χ0n) is 27.4. The lowest BCUT2D eigenvalue weighted by molar-refractivity contribution is -0.284. The van der Waals surface area contributed by atoms with Crippen molar-refractivity contribution in [3.05, 3.63) is 29.3 Å². The Labute approximate surface area is 275 Å². The molecule has 3 aliphatic rings. The first-order valence-electron chi connectivity index (χ1n) is 17.2. The molecular weight excluding hydrogens is 651 g/mol. The van der Waals surface area contributed by atoms with Crippen LogP contribution < -0.4 is 5.46 Å². The van der Waals surface area contributed by atoms with E-state index in [2.05, 4.69) is 6.92 Å². The summed E-state index contributed by atoms with van der Waals surface area (Å²) in [4.78, 5) is 11.9. The second-order valence-electron chi connectivity index (χ2n) is 14.4. The van der Waals surface area contributed by atoms with E-state index >= 15 is 0 Å². The number of rotatable bonds is 16. The van der Waals surface area contributed by atoms with Gasteiger partial charge in [0, 0.05) is 41.1 Å². The molecule has 47 heavy (non-hydrogen) atoms. The molecule has 0 bridgehead atoms. The van der Waals surface area contributed by atoms with E-state index in [1.165, 1.54) is 19.1 Å². The van der Waals surface area contributed by atoms with E-state index < -0.39 is 48.2 Å². The number of hydrogen-bond acceptors (Lipinski definition) is 3. The molecule has 2 fully saturated rings. The van der Waals surface area contributed by atoms with Crippen LogP contribution in [0.3, 0.4) is 0 Å². The van der Waals surface area contributed by atoms with E-state index in [1.807, 2.05) is 0 Å². The fourth-order valence-corrected chi connectivity index (χ4v) is 10.1. The molecule has 7 atom stereocenters. The predicted molar refractivity (Wildman–Crippen MR) is 169 cm³/mol. The van der Waals surface area contributed by atoms with Crippen molar-refractivity contribution in [2.75, 3.05) is 11.5 Å². The number of fused-ring (bicyclic) bond motifs is 5. The zero-order chi connectivity index (χ0) is 34.6. The van der Waals surface area contributed by atoms with Crippen LogP contribution >= 0.6 is 0 Å². The largest absolute Gasteiger partial charge is 0.509 e. The van der Waals surface area contributed by atoms with Crippen LogP contribution in [0, 0.1) is 23.2 Å². The highest BCUT2D eigenvalue weighted by molar-refractivity contribution is 7.84. The summed E-state index contributed by atoms with van der Waals surface area (Å²) in [6.07, 6.45) is 3.86. The van der Waals surface area contributed by atoms with E-state index in [9.17, 15) is 43.9 Å². The van der Waals surface area contributed by atoms with Gasteiger partial charge in [-0.1, -0.05) is 63.6 Å². The highest BCUT2D eigenvalue weighted by Gasteiger charge is 2.58. The monoisotopic (exact) mass is 699 g/mol. The standard InChI is InChI=1S/C34H48BF8O3S/c1-23(44)46-30-15-14-29-31-24(21-25-22-26(35(41,42)43)12-13-27(25)28(31)16-18-32(29,30)2)11-8-6-4-3-5-7-9-19-47(45)20-10-17-33(36,37)34(38,39)40/h12-13,22,24,28-31H,3-11,14-21H2,1-2H3/q-1/t24-,28-,29+,30+,31-,32+,47?/m1/s1. The van der Waals surface area contributed by atoms with Crippen molar-refractivity contribution in [3.8, 4) is 0 Å². The molecule has 4 rings (SSSR count). The molecule has 0 N–H and O–H groups in total. The van der Waals surface area contributed by atoms with Gasteiger partial charge < -0.3 is 17.7 Å². The zero-order valence-corrected chi connectivity index (χ0v) is 28.2. The van der Waals surface area contributed by atoms with Gasteiger partial charge in [0.15, 0.2) is 0 Å². The molecule has 0 aliphatic heterocycles. The Bertz CT molecular complexity index is 1240. The Hall–Kier alpha value is -1.66. The van der Waals surface area contributed by atoms with Crippen LogP contribution in [0.1, 0.15) is 121 Å². The van der Waals surface area contributed by atoms with Crippen LogP contribution in [-0.4, -0.2) is 46.9 Å². The summed E-state index contributed by atoms with van der Waals surface area (Å²) < 4.78 is 122. The quantitative estimate of drug-likeness (QED) is 0.0748. The number of ether oxygens (including phenoxy) is 1. The first-order chi connectivity index (χ1) is 21.9. The van der Waals surface area contributed by atoms with Crippen LogP contribution in [0.15, 0.2) is 18.2 Å². The van der Waals surface area contributed by atoms with Crippen LogP contribution in [-0.2, 0) is 26.8 Å². The van der Waals surface area contributed by atoms with Gasteiger partial charge in [-0.2, -0.15) is 22.0 Å². The molecule has 0 aromatic heterocycles. The van der Waals surface area contributed by atoms with E-state index in [-0.39, 0.29) is 35.1 Å². The third-order valence-electron chi connectivity index (χ3n) is 11.2. The molecule has 1 unspecified atom stereocenters. The lowest BCUT2D eigenvalue weighted by Crippen LogP contribution is -2.48. The normalized spacial score (nSPS) is 28.3. The second-order valence-corrected chi connectivity index (χ2v) is 16.1. The van der Waals surface area contributed by atoms with Crippen LogP contribution in [0.2, 0.25) is 0 Å². The van der Waals surface area contributed by atoms with Crippen molar-refractivity contribution >= 4 is 29.2 Å². The van der Waals surface area contributed by atoms with Gasteiger partial charge in [-0.15, -0.1) is 5.46 Å². The van der Waals surface area contributed by atoms with Crippen molar-refractivity contribution in [1.82, 2.24) is 0 Å². The summed E-state index contributed by atoms with van der Waals surface area (Å²) in [6, 6.07) is 4.35. The van der Waals surface area contributed by atoms with Gasteiger partial charge in [-0.25, -0.2) is 0 Å². The smallest absolute Gasteiger partial charge is 0.462 e. The molecular formula is C34H48BF8O3S-. The minimum Gasteiger partial charge on any atom is -0.462 e. The van der Waals surface area contributed by atoms with Crippen LogP contribution in [0.25, 0.3) is 0 Å². The Kier molecular flexibility index (Phi) is 12.6. The molecule has 1 aromatic rings. The number of halogens is 8. The third-order valence-corrected chi connectivity index (χ3v) is 12.7. The number of carbonyl (C=O) groups excluding carboxylic acids is 1. The topological polar surface area (TPSA) is 43.4 Å². The Morgan fingerprint density at radius 1 is 0.936 bits per heavy atom. The first-order valence-corrected chi connectivity index (χ1v) is 18.7. The van der Waals surface area contributed by atoms with Gasteiger partial charge in [-0.05, 0) is 86.2 Å². The van der Waals surface area contributed by atoms with E-state index in [0.29, 0.717) is 30.4 Å². The Morgan fingerprint density at radius 3 is 2.21 bits per heavy atom. The maximum Gasteiger partial charge on any atom is 0.509 e. The number of alkyl halides is 5. The molecule has 0 heterocycles. The van der Waals surface area contributed by atoms with Crippen molar-refractivity contribution in [2.24, 2.45) is 23.2 Å². The highest BCUT2D eigenvalue weighted by Crippen LogP contribution is 2.63. The van der Waals surface area contributed by atoms with Gasteiger partial charge in [0.25, 0.3) is 0 Å². The fraction of sp³-hybridized carbons (Fsp3) is 0.794. The molecule has 3 nitrogen and oxygen atoms in total.